The maximum atomic E-state index is 13.5. The van der Waals surface area contributed by atoms with Crippen molar-refractivity contribution < 1.29 is 17.6 Å². The van der Waals surface area contributed by atoms with Gasteiger partial charge in [-0.2, -0.15) is 18.2 Å². The number of aromatic nitrogens is 2. The van der Waals surface area contributed by atoms with Crippen LogP contribution in [0.15, 0.2) is 82.7 Å². The molecule has 4 aromatic rings. The number of alkyl halides is 3. The number of amidine groups is 2. The highest BCUT2D eigenvalue weighted by molar-refractivity contribution is 7.98. The van der Waals surface area contributed by atoms with Crippen molar-refractivity contribution in [2.24, 2.45) is 0 Å². The third-order valence-corrected chi connectivity index (χ3v) is 10.4. The molecule has 1 aromatic heterocycles. The fourth-order valence-corrected chi connectivity index (χ4v) is 7.28. The minimum Gasteiger partial charge on any atom is -0.317 e. The first kappa shape index (κ1) is 38.0. The largest absolute Gasteiger partial charge is 0.416 e. The lowest BCUT2D eigenvalue weighted by molar-refractivity contribution is -0.137. The van der Waals surface area contributed by atoms with Crippen LogP contribution in [0.3, 0.4) is 0 Å². The first-order chi connectivity index (χ1) is 24.5. The second kappa shape index (κ2) is 17.3. The van der Waals surface area contributed by atoms with Crippen LogP contribution in [0.4, 0.5) is 17.6 Å². The van der Waals surface area contributed by atoms with Crippen molar-refractivity contribution in [3.8, 4) is 11.1 Å². The molecule has 0 radical (unpaired) electrons. The molecular weight excluding hydrogens is 677 g/mol. The van der Waals surface area contributed by atoms with Crippen LogP contribution < -0.4 is 5.56 Å². The molecule has 0 unspecified atom stereocenters. The summed E-state index contributed by atoms with van der Waals surface area (Å²) >= 11 is 1.37. The molecule has 5 rings (SSSR count). The fraction of sp³-hybridized carbons (Fsp3) is 0.385. The van der Waals surface area contributed by atoms with E-state index in [1.807, 2.05) is 28.8 Å². The predicted octanol–water partition coefficient (Wildman–Crippen LogP) is 8.82. The van der Waals surface area contributed by atoms with Gasteiger partial charge in [-0.05, 0) is 98.3 Å². The molecule has 0 fully saturated rings. The van der Waals surface area contributed by atoms with E-state index in [4.69, 9.17) is 5.41 Å². The van der Waals surface area contributed by atoms with E-state index < -0.39 is 11.7 Å². The molecule has 12 heteroatoms. The zero-order valence-electron chi connectivity index (χ0n) is 29.0. The van der Waals surface area contributed by atoms with E-state index in [-0.39, 0.29) is 30.3 Å². The highest BCUT2D eigenvalue weighted by atomic mass is 32.2. The first-order valence-corrected chi connectivity index (χ1v) is 18.4. The van der Waals surface area contributed by atoms with Crippen LogP contribution in [0.25, 0.3) is 11.1 Å². The minimum atomic E-state index is -4.40. The van der Waals surface area contributed by atoms with E-state index in [1.165, 1.54) is 36.0 Å². The van der Waals surface area contributed by atoms with E-state index in [9.17, 15) is 27.8 Å². The Morgan fingerprint density at radius 3 is 2.12 bits per heavy atom. The van der Waals surface area contributed by atoms with E-state index in [1.54, 1.807) is 17.0 Å². The Hall–Kier alpha value is -4.29. The lowest BCUT2D eigenvalue weighted by atomic mass is 10.0. The molecule has 2 N–H and O–H groups in total. The van der Waals surface area contributed by atoms with Crippen molar-refractivity contribution in [2.75, 3.05) is 19.6 Å². The van der Waals surface area contributed by atoms with Crippen LogP contribution in [-0.2, 0) is 37.9 Å². The predicted molar refractivity (Wildman–Crippen MR) is 196 cm³/mol. The summed E-state index contributed by atoms with van der Waals surface area (Å²) in [6.45, 7) is 7.51. The Labute approximate surface area is 300 Å². The summed E-state index contributed by atoms with van der Waals surface area (Å²) in [5, 5.41) is 19.0. The number of hydrogen-bond donors (Lipinski definition) is 2. The molecule has 0 bridgehead atoms. The number of benzene rings is 3. The summed E-state index contributed by atoms with van der Waals surface area (Å²) in [4.78, 5) is 21.5. The molecule has 0 saturated heterocycles. The number of thioether (sulfide) groups is 1. The maximum absolute atomic E-state index is 13.5. The quantitative estimate of drug-likeness (QED) is 0.0320. The number of hydrogen-bond acceptors (Lipinski definition) is 6. The molecule has 1 aliphatic rings. The van der Waals surface area contributed by atoms with Crippen molar-refractivity contribution in [2.45, 2.75) is 82.5 Å². The molecule has 0 saturated carbocycles. The van der Waals surface area contributed by atoms with Crippen molar-refractivity contribution in [1.29, 1.82) is 10.8 Å². The molecule has 51 heavy (non-hydrogen) atoms. The van der Waals surface area contributed by atoms with Gasteiger partial charge in [0.25, 0.3) is 5.56 Å². The van der Waals surface area contributed by atoms with Crippen molar-refractivity contribution in [3.05, 3.63) is 117 Å². The van der Waals surface area contributed by atoms with Gasteiger partial charge in [-0.15, -0.1) is 0 Å². The number of nitrogens with one attached hydrogen (secondary N) is 2. The zero-order chi connectivity index (χ0) is 36.5. The van der Waals surface area contributed by atoms with Gasteiger partial charge in [0, 0.05) is 23.4 Å². The normalized spacial score (nSPS) is 12.7. The third-order valence-electron chi connectivity index (χ3n) is 9.31. The standard InChI is InChI=1S/C39H44F4N6OS/c1-3-47(4-2)23-6-5-10-35(44)49(24-27-11-15-29(16-12-27)30-17-19-31(20-18-30)39(41,42)43)36(45)25-48-34-9-7-8-33(34)37(50)46-38(48)51-26-28-13-21-32(40)22-14-28/h11-22,44-45H,3-10,23-26H2,1-2H3. The smallest absolute Gasteiger partial charge is 0.317 e. The average molecular weight is 721 g/mol. The highest BCUT2D eigenvalue weighted by Crippen LogP contribution is 2.31. The first-order valence-electron chi connectivity index (χ1n) is 17.4. The average Bonchev–Trinajstić information content (AvgIpc) is 3.63. The summed E-state index contributed by atoms with van der Waals surface area (Å²) in [7, 11) is 0. The fourth-order valence-electron chi connectivity index (χ4n) is 6.32. The molecule has 1 heterocycles. The third kappa shape index (κ3) is 9.94. The molecule has 0 amide bonds. The zero-order valence-corrected chi connectivity index (χ0v) is 29.8. The number of fused-ring (bicyclic) bond motifs is 1. The van der Waals surface area contributed by atoms with Gasteiger partial charge in [0.2, 0.25) is 0 Å². The maximum Gasteiger partial charge on any atom is 0.416 e. The van der Waals surface area contributed by atoms with E-state index in [0.29, 0.717) is 47.1 Å². The lowest BCUT2D eigenvalue weighted by Gasteiger charge is -2.28. The Morgan fingerprint density at radius 1 is 0.863 bits per heavy atom. The Bertz CT molecular complexity index is 1850. The molecule has 0 atom stereocenters. The molecule has 1 aliphatic carbocycles. The molecule has 0 aliphatic heterocycles. The number of halogens is 4. The SMILES string of the molecule is CCN(CC)CCCCC(=N)N(Cc1ccc(-c2ccc(C(F)(F)F)cc2)cc1)C(=N)Cn1c(SCc2ccc(F)cc2)nc(=O)c2c1CCC2. The summed E-state index contributed by atoms with van der Waals surface area (Å²) < 4.78 is 54.7. The monoisotopic (exact) mass is 720 g/mol. The molecule has 0 spiro atoms. The number of rotatable bonds is 15. The highest BCUT2D eigenvalue weighted by Gasteiger charge is 2.30. The van der Waals surface area contributed by atoms with Crippen LogP contribution in [0, 0.1) is 16.6 Å². The van der Waals surface area contributed by atoms with Crippen LogP contribution in [0.1, 0.15) is 67.5 Å². The van der Waals surface area contributed by atoms with Crippen LogP contribution in [0.2, 0.25) is 0 Å². The molecular formula is C39H44F4N6OS. The van der Waals surface area contributed by atoms with Crippen molar-refractivity contribution in [3.63, 3.8) is 0 Å². The van der Waals surface area contributed by atoms with Gasteiger partial charge in [0.05, 0.1) is 18.7 Å². The van der Waals surface area contributed by atoms with Gasteiger partial charge in [0.15, 0.2) is 5.16 Å². The minimum absolute atomic E-state index is 0.118. The van der Waals surface area contributed by atoms with E-state index in [0.717, 1.165) is 73.4 Å². The molecule has 3 aromatic carbocycles. The van der Waals surface area contributed by atoms with Crippen LogP contribution in [0.5, 0.6) is 0 Å². The van der Waals surface area contributed by atoms with Gasteiger partial charge in [0.1, 0.15) is 17.5 Å². The van der Waals surface area contributed by atoms with Crippen LogP contribution >= 0.6 is 11.8 Å². The van der Waals surface area contributed by atoms with E-state index >= 15 is 0 Å². The Morgan fingerprint density at radius 2 is 1.49 bits per heavy atom. The second-order valence-corrected chi connectivity index (χ2v) is 13.7. The van der Waals surface area contributed by atoms with Crippen LogP contribution in [-0.4, -0.2) is 50.7 Å². The number of nitrogens with zero attached hydrogens (tertiary/aromatic N) is 4. The van der Waals surface area contributed by atoms with Gasteiger partial charge >= 0.3 is 6.18 Å². The summed E-state index contributed by atoms with van der Waals surface area (Å²) in [6.07, 6.45) is -0.0514. The van der Waals surface area contributed by atoms with Crippen molar-refractivity contribution >= 4 is 23.4 Å². The van der Waals surface area contributed by atoms with E-state index in [2.05, 4.69) is 23.7 Å². The molecule has 7 nitrogen and oxygen atoms in total. The van der Waals surface area contributed by atoms with Gasteiger partial charge in [-0.3, -0.25) is 15.6 Å². The summed E-state index contributed by atoms with van der Waals surface area (Å²) in [6, 6.07) is 18.7. The van der Waals surface area contributed by atoms with Gasteiger partial charge in [-0.25, -0.2) is 4.39 Å². The molecule has 270 valence electrons. The van der Waals surface area contributed by atoms with Gasteiger partial charge in [-0.1, -0.05) is 74.1 Å². The Kier molecular flexibility index (Phi) is 12.9. The summed E-state index contributed by atoms with van der Waals surface area (Å²) in [5.74, 6) is 0.654. The Balaban J connectivity index is 1.38. The van der Waals surface area contributed by atoms with Gasteiger partial charge < -0.3 is 14.4 Å². The number of unbranched alkanes of at least 4 members (excludes halogenated alkanes) is 1. The van der Waals surface area contributed by atoms with Crippen molar-refractivity contribution in [1.82, 2.24) is 19.4 Å². The topological polar surface area (TPSA) is 89.1 Å². The summed E-state index contributed by atoms with van der Waals surface area (Å²) in [5.41, 5.74) is 3.73. The lowest BCUT2D eigenvalue weighted by Crippen LogP contribution is -2.39. The second-order valence-electron chi connectivity index (χ2n) is 12.7.